The van der Waals surface area contributed by atoms with Gasteiger partial charge in [0.2, 0.25) is 0 Å². The minimum absolute atomic E-state index is 0.0227. The van der Waals surface area contributed by atoms with Crippen molar-refractivity contribution in [1.82, 2.24) is 0 Å². The number of esters is 1. The van der Waals surface area contributed by atoms with Crippen LogP contribution in [0.15, 0.2) is 0 Å². The van der Waals surface area contributed by atoms with Gasteiger partial charge in [0.05, 0.1) is 6.61 Å². The van der Waals surface area contributed by atoms with E-state index < -0.39 is 0 Å². The Labute approximate surface area is 203 Å². The largest absolute Gasteiger partial charge is 0.466 e. The number of unbranched alkanes of at least 4 members (excludes halogenated alkanes) is 20. The molecule has 0 aliphatic carbocycles. The molecule has 0 saturated carbocycles. The van der Waals surface area contributed by atoms with Crippen LogP contribution in [-0.2, 0) is 9.53 Å². The highest BCUT2D eigenvalue weighted by atomic mass is 16.5. The lowest BCUT2D eigenvalue weighted by Gasteiger charge is -2.06. The second-order valence-electron chi connectivity index (χ2n) is 10.6. The lowest BCUT2D eigenvalue weighted by atomic mass is 10.0. The predicted molar refractivity (Wildman–Crippen MR) is 142 cm³/mol. The van der Waals surface area contributed by atoms with Crippen LogP contribution in [0, 0.1) is 5.92 Å². The molecule has 0 aromatic carbocycles. The third-order valence-electron chi connectivity index (χ3n) is 6.67. The van der Waals surface area contributed by atoms with E-state index in [4.69, 9.17) is 4.74 Å². The highest BCUT2D eigenvalue weighted by Crippen LogP contribution is 2.14. The Balaban J connectivity index is 3.15. The summed E-state index contributed by atoms with van der Waals surface area (Å²) in [6, 6.07) is 0. The van der Waals surface area contributed by atoms with Crippen LogP contribution in [0.5, 0.6) is 0 Å². The van der Waals surface area contributed by atoms with Crippen LogP contribution < -0.4 is 0 Å². The summed E-state index contributed by atoms with van der Waals surface area (Å²) in [5.74, 6) is 0.885. The monoisotopic (exact) mass is 452 g/mol. The van der Waals surface area contributed by atoms with E-state index in [0.29, 0.717) is 13.0 Å². The van der Waals surface area contributed by atoms with Crippen LogP contribution >= 0.6 is 0 Å². The Morgan fingerprint density at radius 2 is 0.906 bits per heavy atom. The van der Waals surface area contributed by atoms with E-state index in [2.05, 4.69) is 20.8 Å². The zero-order valence-corrected chi connectivity index (χ0v) is 22.6. The van der Waals surface area contributed by atoms with Gasteiger partial charge in [-0.15, -0.1) is 0 Å². The molecule has 0 aliphatic rings. The third kappa shape index (κ3) is 27.5. The molecule has 32 heavy (non-hydrogen) atoms. The van der Waals surface area contributed by atoms with E-state index >= 15 is 0 Å². The van der Waals surface area contributed by atoms with Gasteiger partial charge >= 0.3 is 5.97 Å². The summed E-state index contributed by atoms with van der Waals surface area (Å²) in [5, 5.41) is 0. The molecule has 0 atom stereocenters. The van der Waals surface area contributed by atoms with Crippen LogP contribution in [0.2, 0.25) is 0 Å². The normalized spacial score (nSPS) is 11.4. The van der Waals surface area contributed by atoms with E-state index in [0.717, 1.165) is 18.8 Å². The molecule has 0 amide bonds. The molecule has 0 fully saturated rings. The molecule has 0 aromatic heterocycles. The van der Waals surface area contributed by atoms with E-state index in [1.165, 1.54) is 135 Å². The van der Waals surface area contributed by atoms with Crippen LogP contribution in [0.3, 0.4) is 0 Å². The van der Waals surface area contributed by atoms with Crippen molar-refractivity contribution >= 4 is 5.97 Å². The van der Waals surface area contributed by atoms with Gasteiger partial charge in [-0.1, -0.05) is 156 Å². The number of rotatable bonds is 26. The summed E-state index contributed by atoms with van der Waals surface area (Å²) in [7, 11) is 0. The average molecular weight is 453 g/mol. The summed E-state index contributed by atoms with van der Waals surface area (Å²) in [6.45, 7) is 7.55. The number of ether oxygens (including phenoxy) is 1. The second-order valence-corrected chi connectivity index (χ2v) is 10.6. The zero-order chi connectivity index (χ0) is 23.5. The predicted octanol–water partition coefficient (Wildman–Crippen LogP) is 10.6. The zero-order valence-electron chi connectivity index (χ0n) is 22.6. The van der Waals surface area contributed by atoms with E-state index in [1.807, 2.05) is 0 Å². The number of hydrogen-bond acceptors (Lipinski definition) is 2. The SMILES string of the molecule is CCCCCCCCCCCCCCOC(=O)CCCCCCCCCCCCC(C)C. The maximum atomic E-state index is 11.8. The van der Waals surface area contributed by atoms with E-state index in [9.17, 15) is 4.79 Å². The Morgan fingerprint density at radius 1 is 0.531 bits per heavy atom. The van der Waals surface area contributed by atoms with Crippen LogP contribution in [-0.4, -0.2) is 12.6 Å². The molecule has 0 unspecified atom stereocenters. The summed E-state index contributed by atoms with van der Waals surface area (Å²) in [5.41, 5.74) is 0. The number of carbonyl (C=O) groups is 1. The van der Waals surface area contributed by atoms with Gasteiger partial charge in [-0.2, -0.15) is 0 Å². The van der Waals surface area contributed by atoms with Crippen molar-refractivity contribution in [1.29, 1.82) is 0 Å². The molecular formula is C30H60O2. The maximum absolute atomic E-state index is 11.8. The van der Waals surface area contributed by atoms with E-state index in [-0.39, 0.29) is 5.97 Å². The van der Waals surface area contributed by atoms with Crippen molar-refractivity contribution in [3.05, 3.63) is 0 Å². The van der Waals surface area contributed by atoms with Gasteiger partial charge in [-0.25, -0.2) is 0 Å². The lowest BCUT2D eigenvalue weighted by Crippen LogP contribution is -2.05. The molecule has 0 radical (unpaired) electrons. The molecule has 0 aliphatic heterocycles. The van der Waals surface area contributed by atoms with Gasteiger partial charge in [-0.3, -0.25) is 4.79 Å². The first-order valence-electron chi connectivity index (χ1n) is 14.8. The lowest BCUT2D eigenvalue weighted by molar-refractivity contribution is -0.143. The fourth-order valence-electron chi connectivity index (χ4n) is 4.44. The topological polar surface area (TPSA) is 26.3 Å². The van der Waals surface area contributed by atoms with Crippen molar-refractivity contribution in [2.45, 2.75) is 175 Å². The molecule has 0 rings (SSSR count). The minimum Gasteiger partial charge on any atom is -0.466 e. The first kappa shape index (κ1) is 31.5. The fraction of sp³-hybridized carbons (Fsp3) is 0.967. The molecule has 0 heterocycles. The molecule has 2 heteroatoms. The van der Waals surface area contributed by atoms with Crippen molar-refractivity contribution in [3.8, 4) is 0 Å². The molecule has 0 spiro atoms. The Morgan fingerprint density at radius 3 is 1.34 bits per heavy atom. The quantitative estimate of drug-likeness (QED) is 0.0963. The second kappa shape index (κ2) is 26.7. The summed E-state index contributed by atoms with van der Waals surface area (Å²) in [6.07, 6.45) is 31.3. The molecule has 0 N–H and O–H groups in total. The van der Waals surface area contributed by atoms with Crippen molar-refractivity contribution in [3.63, 3.8) is 0 Å². The third-order valence-corrected chi connectivity index (χ3v) is 6.67. The van der Waals surface area contributed by atoms with Crippen molar-refractivity contribution < 1.29 is 9.53 Å². The van der Waals surface area contributed by atoms with Gasteiger partial charge in [0.15, 0.2) is 0 Å². The van der Waals surface area contributed by atoms with Crippen LogP contribution in [0.1, 0.15) is 175 Å². The molecule has 0 saturated heterocycles. The first-order chi connectivity index (χ1) is 15.7. The molecular weight excluding hydrogens is 392 g/mol. The van der Waals surface area contributed by atoms with Gasteiger partial charge in [0.1, 0.15) is 0 Å². The standard InChI is InChI=1S/C30H60O2/c1-4-5-6-7-8-9-10-13-16-19-22-25-28-32-30(31)27-24-21-18-15-12-11-14-17-20-23-26-29(2)3/h29H,4-28H2,1-3H3. The molecule has 0 aromatic rings. The van der Waals surface area contributed by atoms with Gasteiger partial charge in [0, 0.05) is 6.42 Å². The smallest absolute Gasteiger partial charge is 0.305 e. The summed E-state index contributed by atoms with van der Waals surface area (Å²) < 4.78 is 5.40. The number of carbonyl (C=O) groups excluding carboxylic acids is 1. The fourth-order valence-corrected chi connectivity index (χ4v) is 4.44. The minimum atomic E-state index is 0.0227. The van der Waals surface area contributed by atoms with Crippen LogP contribution in [0.25, 0.3) is 0 Å². The molecule has 0 bridgehead atoms. The summed E-state index contributed by atoms with van der Waals surface area (Å²) in [4.78, 5) is 11.8. The Kier molecular flexibility index (Phi) is 26.3. The molecule has 192 valence electrons. The number of hydrogen-bond donors (Lipinski definition) is 0. The Bertz CT molecular complexity index is 364. The van der Waals surface area contributed by atoms with Crippen molar-refractivity contribution in [2.75, 3.05) is 6.61 Å². The van der Waals surface area contributed by atoms with Gasteiger partial charge < -0.3 is 4.74 Å². The molecule has 2 nitrogen and oxygen atoms in total. The van der Waals surface area contributed by atoms with E-state index in [1.54, 1.807) is 0 Å². The Hall–Kier alpha value is -0.530. The van der Waals surface area contributed by atoms with Crippen molar-refractivity contribution in [2.24, 2.45) is 5.92 Å². The highest BCUT2D eigenvalue weighted by molar-refractivity contribution is 5.69. The summed E-state index contributed by atoms with van der Waals surface area (Å²) >= 11 is 0. The van der Waals surface area contributed by atoms with Gasteiger partial charge in [-0.05, 0) is 18.8 Å². The first-order valence-corrected chi connectivity index (χ1v) is 14.8. The van der Waals surface area contributed by atoms with Gasteiger partial charge in [0.25, 0.3) is 0 Å². The van der Waals surface area contributed by atoms with Crippen LogP contribution in [0.4, 0.5) is 0 Å². The average Bonchev–Trinajstić information content (AvgIpc) is 2.77. The highest BCUT2D eigenvalue weighted by Gasteiger charge is 2.02. The maximum Gasteiger partial charge on any atom is 0.305 e.